The van der Waals surface area contributed by atoms with E-state index in [1.165, 1.54) is 4.90 Å². The Bertz CT molecular complexity index is 462. The lowest BCUT2D eigenvalue weighted by molar-refractivity contribution is -0.133. The Morgan fingerprint density at radius 1 is 1.35 bits per heavy atom. The van der Waals surface area contributed by atoms with Crippen molar-refractivity contribution in [3.63, 3.8) is 0 Å². The van der Waals surface area contributed by atoms with Crippen LogP contribution in [0.3, 0.4) is 0 Å². The number of aliphatic hydroxyl groups is 1. The lowest BCUT2D eigenvalue weighted by atomic mass is 10.2. The maximum Gasteiger partial charge on any atom is 0.251 e. The fourth-order valence-corrected chi connectivity index (χ4v) is 1.89. The van der Waals surface area contributed by atoms with Crippen molar-refractivity contribution < 1.29 is 14.7 Å². The number of benzene rings is 1. The number of carbonyl (C=O) groups excluding carboxylic acids is 2. The van der Waals surface area contributed by atoms with E-state index < -0.39 is 6.04 Å². The van der Waals surface area contributed by atoms with Gasteiger partial charge in [0.2, 0.25) is 5.91 Å². The quantitative estimate of drug-likeness (QED) is 0.832. The topological polar surface area (TPSA) is 69.6 Å². The maximum absolute atomic E-state index is 12.1. The number of nitrogens with zero attached hydrogens (tertiary/aromatic N) is 1. The summed E-state index contributed by atoms with van der Waals surface area (Å²) >= 11 is 5.75. The van der Waals surface area contributed by atoms with E-state index in [0.29, 0.717) is 17.1 Å². The average molecular weight is 299 g/mol. The second-order valence-corrected chi connectivity index (χ2v) is 4.78. The Morgan fingerprint density at radius 3 is 2.45 bits per heavy atom. The molecule has 1 unspecified atom stereocenters. The summed E-state index contributed by atoms with van der Waals surface area (Å²) in [6.45, 7) is 4.09. The van der Waals surface area contributed by atoms with Crippen molar-refractivity contribution in [2.45, 2.75) is 19.9 Å². The van der Waals surface area contributed by atoms with Crippen molar-refractivity contribution in [1.29, 1.82) is 0 Å². The van der Waals surface area contributed by atoms with E-state index in [0.717, 1.165) is 0 Å². The molecule has 0 radical (unpaired) electrons. The molecule has 1 atom stereocenters. The van der Waals surface area contributed by atoms with Crippen molar-refractivity contribution in [2.24, 2.45) is 0 Å². The molecule has 1 aromatic carbocycles. The van der Waals surface area contributed by atoms with E-state index in [4.69, 9.17) is 16.7 Å². The number of hydrogen-bond acceptors (Lipinski definition) is 3. The van der Waals surface area contributed by atoms with Crippen LogP contribution >= 0.6 is 11.6 Å². The summed E-state index contributed by atoms with van der Waals surface area (Å²) in [5.41, 5.74) is 0.444. The zero-order valence-corrected chi connectivity index (χ0v) is 12.4. The molecule has 2 N–H and O–H groups in total. The molecule has 0 saturated heterocycles. The van der Waals surface area contributed by atoms with Crippen molar-refractivity contribution >= 4 is 23.4 Å². The molecule has 1 rings (SSSR count). The predicted octanol–water partition coefficient (Wildman–Crippen LogP) is 1.30. The minimum atomic E-state index is -0.648. The summed E-state index contributed by atoms with van der Waals surface area (Å²) in [5, 5.41) is 12.1. The van der Waals surface area contributed by atoms with Crippen LogP contribution in [0.25, 0.3) is 0 Å². The van der Waals surface area contributed by atoms with Crippen molar-refractivity contribution in [3.8, 4) is 0 Å². The zero-order chi connectivity index (χ0) is 15.1. The number of amides is 2. The Balaban J connectivity index is 2.65. The van der Waals surface area contributed by atoms with Gasteiger partial charge in [0.1, 0.15) is 6.04 Å². The minimum absolute atomic E-state index is 0.0998. The van der Waals surface area contributed by atoms with Gasteiger partial charge in [-0.25, -0.2) is 0 Å². The predicted molar refractivity (Wildman–Crippen MR) is 77.7 cm³/mol. The van der Waals surface area contributed by atoms with E-state index >= 15 is 0 Å². The monoisotopic (exact) mass is 298 g/mol. The van der Waals surface area contributed by atoms with E-state index in [1.54, 1.807) is 31.2 Å². The molecule has 0 spiro atoms. The first kappa shape index (κ1) is 16.5. The third kappa shape index (κ3) is 4.51. The molecule has 0 bridgehead atoms. The number of aliphatic hydroxyl groups excluding tert-OH is 1. The number of carbonyl (C=O) groups is 2. The van der Waals surface area contributed by atoms with Gasteiger partial charge >= 0.3 is 0 Å². The fourth-order valence-electron chi connectivity index (χ4n) is 1.76. The van der Waals surface area contributed by atoms with Crippen LogP contribution in [-0.4, -0.2) is 47.6 Å². The minimum Gasteiger partial charge on any atom is -0.395 e. The molecule has 20 heavy (non-hydrogen) atoms. The lowest BCUT2D eigenvalue weighted by Gasteiger charge is -2.24. The van der Waals surface area contributed by atoms with Gasteiger partial charge in [-0.1, -0.05) is 11.6 Å². The maximum atomic E-state index is 12.1. The van der Waals surface area contributed by atoms with Gasteiger partial charge in [0.25, 0.3) is 5.91 Å². The summed E-state index contributed by atoms with van der Waals surface area (Å²) in [6, 6.07) is 5.78. The van der Waals surface area contributed by atoms with Crippen molar-refractivity contribution in [1.82, 2.24) is 10.2 Å². The molecule has 2 amide bonds. The Hall–Kier alpha value is -1.59. The molecule has 5 nitrogen and oxygen atoms in total. The first-order valence-electron chi connectivity index (χ1n) is 6.45. The highest BCUT2D eigenvalue weighted by atomic mass is 35.5. The van der Waals surface area contributed by atoms with Crippen LogP contribution in [0.1, 0.15) is 24.2 Å². The van der Waals surface area contributed by atoms with E-state index in [1.807, 2.05) is 6.92 Å². The largest absolute Gasteiger partial charge is 0.395 e. The van der Waals surface area contributed by atoms with Crippen LogP contribution in [0.5, 0.6) is 0 Å². The van der Waals surface area contributed by atoms with Crippen LogP contribution in [0.2, 0.25) is 5.02 Å². The normalized spacial score (nSPS) is 11.8. The fraction of sp³-hybridized carbons (Fsp3) is 0.429. The number of halogens is 1. The third-order valence-corrected chi connectivity index (χ3v) is 3.14. The molecule has 0 fully saturated rings. The molecule has 110 valence electrons. The molecular formula is C14H19ClN2O3. The summed E-state index contributed by atoms with van der Waals surface area (Å²) in [4.78, 5) is 25.5. The summed E-state index contributed by atoms with van der Waals surface area (Å²) in [5.74, 6) is -0.550. The van der Waals surface area contributed by atoms with Crippen LogP contribution in [0, 0.1) is 0 Å². The van der Waals surface area contributed by atoms with E-state index in [9.17, 15) is 9.59 Å². The SMILES string of the molecule is CCN(CCO)C(=O)C(C)NC(=O)c1ccc(Cl)cc1. The molecule has 0 heterocycles. The first-order chi connectivity index (χ1) is 9.49. The van der Waals surface area contributed by atoms with Gasteiger partial charge in [-0.3, -0.25) is 9.59 Å². The highest BCUT2D eigenvalue weighted by Crippen LogP contribution is 2.09. The van der Waals surface area contributed by atoms with Crippen LogP contribution in [-0.2, 0) is 4.79 Å². The summed E-state index contributed by atoms with van der Waals surface area (Å²) in [6.07, 6.45) is 0. The lowest BCUT2D eigenvalue weighted by Crippen LogP contribution is -2.47. The second-order valence-electron chi connectivity index (χ2n) is 4.34. The van der Waals surface area contributed by atoms with Crippen molar-refractivity contribution in [2.75, 3.05) is 19.7 Å². The van der Waals surface area contributed by atoms with Gasteiger partial charge in [-0.15, -0.1) is 0 Å². The van der Waals surface area contributed by atoms with Crippen LogP contribution in [0.4, 0.5) is 0 Å². The molecule has 0 aliphatic rings. The first-order valence-corrected chi connectivity index (χ1v) is 6.83. The van der Waals surface area contributed by atoms with Gasteiger partial charge in [0.15, 0.2) is 0 Å². The van der Waals surface area contributed by atoms with Gasteiger partial charge in [0.05, 0.1) is 6.61 Å². The van der Waals surface area contributed by atoms with E-state index in [-0.39, 0.29) is 25.0 Å². The van der Waals surface area contributed by atoms with Gasteiger partial charge in [-0.2, -0.15) is 0 Å². The molecular weight excluding hydrogens is 280 g/mol. The van der Waals surface area contributed by atoms with Gasteiger partial charge in [-0.05, 0) is 38.1 Å². The highest BCUT2D eigenvalue weighted by molar-refractivity contribution is 6.30. The standard InChI is InChI=1S/C14H19ClN2O3/c1-3-17(8-9-18)14(20)10(2)16-13(19)11-4-6-12(15)7-5-11/h4-7,10,18H,3,8-9H2,1-2H3,(H,16,19). The number of nitrogens with one attached hydrogen (secondary N) is 1. The Labute approximate surface area is 123 Å². The highest BCUT2D eigenvalue weighted by Gasteiger charge is 2.21. The Kier molecular flexibility index (Phi) is 6.48. The van der Waals surface area contributed by atoms with Gasteiger partial charge < -0.3 is 15.3 Å². The molecule has 6 heteroatoms. The zero-order valence-electron chi connectivity index (χ0n) is 11.6. The molecule has 0 aromatic heterocycles. The second kappa shape index (κ2) is 7.87. The van der Waals surface area contributed by atoms with E-state index in [2.05, 4.69) is 5.32 Å². The average Bonchev–Trinajstić information content (AvgIpc) is 2.44. The van der Waals surface area contributed by atoms with Gasteiger partial charge in [0, 0.05) is 23.7 Å². The van der Waals surface area contributed by atoms with Crippen LogP contribution < -0.4 is 5.32 Å². The molecule has 0 aliphatic heterocycles. The molecule has 0 saturated carbocycles. The molecule has 1 aromatic rings. The summed E-state index contributed by atoms with van der Waals surface area (Å²) in [7, 11) is 0. The number of rotatable bonds is 6. The number of hydrogen-bond donors (Lipinski definition) is 2. The van der Waals surface area contributed by atoms with Crippen LogP contribution in [0.15, 0.2) is 24.3 Å². The smallest absolute Gasteiger partial charge is 0.251 e. The number of likely N-dealkylation sites (N-methyl/N-ethyl adjacent to an activating group) is 1. The van der Waals surface area contributed by atoms with Crippen molar-refractivity contribution in [3.05, 3.63) is 34.9 Å². The third-order valence-electron chi connectivity index (χ3n) is 2.89. The summed E-state index contributed by atoms with van der Waals surface area (Å²) < 4.78 is 0. The Morgan fingerprint density at radius 2 is 1.95 bits per heavy atom. The molecule has 0 aliphatic carbocycles.